The molecular weight excluding hydrogens is 488 g/mol. The highest BCUT2D eigenvalue weighted by molar-refractivity contribution is 6.02. The first-order valence-electron chi connectivity index (χ1n) is 11.0. The molecule has 0 aliphatic rings. The molecule has 2 N–H and O–H groups in total. The van der Waals surface area contributed by atoms with E-state index in [0.717, 1.165) is 17.7 Å². The molecule has 3 aromatic carbocycles. The molecule has 4 aromatic rings. The number of hydrogen-bond acceptors (Lipinski definition) is 5. The average Bonchev–Trinajstić information content (AvgIpc) is 2.88. The number of aromatic nitrogens is 2. The van der Waals surface area contributed by atoms with E-state index in [4.69, 9.17) is 4.74 Å². The minimum atomic E-state index is -4.87. The van der Waals surface area contributed by atoms with Crippen LogP contribution in [0.15, 0.2) is 91.1 Å². The van der Waals surface area contributed by atoms with Crippen LogP contribution in [0.5, 0.6) is 11.6 Å². The fourth-order valence-corrected chi connectivity index (χ4v) is 3.24. The first kappa shape index (κ1) is 25.4. The molecule has 1 heterocycles. The fraction of sp³-hybridized carbons (Fsp3) is 0.0741. The summed E-state index contributed by atoms with van der Waals surface area (Å²) in [5.74, 6) is -0.954. The number of ether oxygens (including phenoxy) is 1. The van der Waals surface area contributed by atoms with Crippen LogP contribution in [0.4, 0.5) is 29.2 Å². The lowest BCUT2D eigenvalue weighted by Crippen LogP contribution is -2.12. The molecule has 0 saturated heterocycles. The van der Waals surface area contributed by atoms with Gasteiger partial charge in [-0.15, -0.1) is 0 Å². The van der Waals surface area contributed by atoms with Crippen molar-refractivity contribution in [2.45, 2.75) is 12.7 Å². The van der Waals surface area contributed by atoms with Crippen LogP contribution in [0.2, 0.25) is 0 Å². The van der Waals surface area contributed by atoms with Crippen LogP contribution in [0.1, 0.15) is 16.7 Å². The van der Waals surface area contributed by atoms with E-state index in [9.17, 15) is 22.4 Å². The van der Waals surface area contributed by atoms with Gasteiger partial charge in [0.15, 0.2) is 0 Å². The summed E-state index contributed by atoms with van der Waals surface area (Å²) in [4.78, 5) is 20.7. The van der Waals surface area contributed by atoms with E-state index in [1.54, 1.807) is 36.5 Å². The van der Waals surface area contributed by atoms with Crippen molar-refractivity contribution < 1.29 is 27.1 Å². The monoisotopic (exact) mass is 508 g/mol. The standard InChI is InChI=1S/C27H20F4N4O2/c28-23-11-10-20(16-22(23)27(29,30)31)34-24(36)12-9-18-7-4-8-21(15-18)37-25-13-14-32-26(35-25)33-17-19-5-2-1-3-6-19/h1-16H,17H2,(H,34,36)(H,32,33,35)/b12-9+. The van der Waals surface area contributed by atoms with E-state index in [1.165, 1.54) is 6.08 Å². The molecule has 6 nitrogen and oxygen atoms in total. The van der Waals surface area contributed by atoms with Crippen LogP contribution < -0.4 is 15.4 Å². The molecule has 188 valence electrons. The Morgan fingerprint density at radius 2 is 1.78 bits per heavy atom. The molecule has 37 heavy (non-hydrogen) atoms. The van der Waals surface area contributed by atoms with Gasteiger partial charge in [-0.1, -0.05) is 42.5 Å². The summed E-state index contributed by atoms with van der Waals surface area (Å²) in [6, 6.07) is 20.4. The van der Waals surface area contributed by atoms with E-state index >= 15 is 0 Å². The van der Waals surface area contributed by atoms with Gasteiger partial charge in [0.25, 0.3) is 0 Å². The molecule has 0 unspecified atom stereocenters. The molecule has 0 spiro atoms. The zero-order valence-electron chi connectivity index (χ0n) is 19.2. The number of hydrogen-bond donors (Lipinski definition) is 2. The summed E-state index contributed by atoms with van der Waals surface area (Å²) in [5.41, 5.74) is 0.0311. The van der Waals surface area contributed by atoms with Gasteiger partial charge in [-0.05, 0) is 47.5 Å². The van der Waals surface area contributed by atoms with Crippen LogP contribution in [-0.2, 0) is 17.5 Å². The number of nitrogens with one attached hydrogen (secondary N) is 2. The topological polar surface area (TPSA) is 76.1 Å². The minimum Gasteiger partial charge on any atom is -0.439 e. The van der Waals surface area contributed by atoms with Crippen LogP contribution in [0.3, 0.4) is 0 Å². The number of nitrogens with zero attached hydrogens (tertiary/aromatic N) is 2. The quantitative estimate of drug-likeness (QED) is 0.205. The Balaban J connectivity index is 1.37. The predicted molar refractivity (Wildman–Crippen MR) is 131 cm³/mol. The number of amides is 1. The molecule has 0 fully saturated rings. The zero-order chi connectivity index (χ0) is 26.3. The number of anilines is 2. The maximum absolute atomic E-state index is 13.4. The van der Waals surface area contributed by atoms with Gasteiger partial charge in [0.1, 0.15) is 11.6 Å². The van der Waals surface area contributed by atoms with Crippen LogP contribution >= 0.6 is 0 Å². The number of benzene rings is 3. The molecule has 0 aliphatic heterocycles. The van der Waals surface area contributed by atoms with Crippen molar-refractivity contribution in [1.29, 1.82) is 0 Å². The smallest absolute Gasteiger partial charge is 0.419 e. The third kappa shape index (κ3) is 7.38. The van der Waals surface area contributed by atoms with Gasteiger partial charge >= 0.3 is 6.18 Å². The van der Waals surface area contributed by atoms with Gasteiger partial charge in [0, 0.05) is 30.6 Å². The van der Waals surface area contributed by atoms with Crippen molar-refractivity contribution in [3.63, 3.8) is 0 Å². The van der Waals surface area contributed by atoms with Crippen molar-refractivity contribution in [3.8, 4) is 11.6 Å². The van der Waals surface area contributed by atoms with Crippen molar-refractivity contribution >= 4 is 23.6 Å². The summed E-state index contributed by atoms with van der Waals surface area (Å²) >= 11 is 0. The molecule has 1 amide bonds. The maximum Gasteiger partial charge on any atom is 0.419 e. The van der Waals surface area contributed by atoms with E-state index in [0.29, 0.717) is 41.8 Å². The molecule has 10 heteroatoms. The Labute approximate surface area is 209 Å². The number of carbonyl (C=O) groups excluding carboxylic acids is 1. The van der Waals surface area contributed by atoms with E-state index in [2.05, 4.69) is 20.6 Å². The normalized spacial score (nSPS) is 11.4. The molecule has 1 aromatic heterocycles. The minimum absolute atomic E-state index is 0.180. The largest absolute Gasteiger partial charge is 0.439 e. The lowest BCUT2D eigenvalue weighted by Gasteiger charge is -2.10. The first-order valence-corrected chi connectivity index (χ1v) is 11.0. The SMILES string of the molecule is O=C(/C=C/c1cccc(Oc2ccnc(NCc3ccccc3)n2)c1)Nc1ccc(F)c(C(F)(F)F)c1. The van der Waals surface area contributed by atoms with Gasteiger partial charge < -0.3 is 15.4 Å². The van der Waals surface area contributed by atoms with Crippen molar-refractivity contribution in [1.82, 2.24) is 9.97 Å². The third-order valence-corrected chi connectivity index (χ3v) is 4.97. The summed E-state index contributed by atoms with van der Waals surface area (Å²) in [6.07, 6.45) is -0.706. The molecule has 0 aliphatic carbocycles. The van der Waals surface area contributed by atoms with Gasteiger partial charge in [-0.25, -0.2) is 9.37 Å². The van der Waals surface area contributed by atoms with Crippen molar-refractivity contribution in [3.05, 3.63) is 114 Å². The van der Waals surface area contributed by atoms with Gasteiger partial charge in [-0.3, -0.25) is 4.79 Å². The highest BCUT2D eigenvalue weighted by Crippen LogP contribution is 2.33. The Bertz CT molecular complexity index is 1410. The van der Waals surface area contributed by atoms with Crippen LogP contribution in [0.25, 0.3) is 6.08 Å². The number of halogens is 4. The van der Waals surface area contributed by atoms with Crippen molar-refractivity contribution in [2.75, 3.05) is 10.6 Å². The molecule has 0 atom stereocenters. The lowest BCUT2D eigenvalue weighted by atomic mass is 10.1. The summed E-state index contributed by atoms with van der Waals surface area (Å²) in [5, 5.41) is 5.41. The molecular formula is C27H20F4N4O2. The van der Waals surface area contributed by atoms with Crippen LogP contribution in [0, 0.1) is 5.82 Å². The lowest BCUT2D eigenvalue weighted by molar-refractivity contribution is -0.140. The summed E-state index contributed by atoms with van der Waals surface area (Å²) < 4.78 is 57.8. The van der Waals surface area contributed by atoms with E-state index < -0.39 is 23.5 Å². The molecule has 0 saturated carbocycles. The summed E-state index contributed by atoms with van der Waals surface area (Å²) in [6.45, 7) is 0.544. The Hall–Kier alpha value is -4.73. The Morgan fingerprint density at radius 3 is 2.57 bits per heavy atom. The second kappa shape index (κ2) is 11.3. The zero-order valence-corrected chi connectivity index (χ0v) is 19.2. The second-order valence-electron chi connectivity index (χ2n) is 7.75. The molecule has 0 bridgehead atoms. The highest BCUT2D eigenvalue weighted by Gasteiger charge is 2.34. The number of carbonyl (C=O) groups is 1. The first-order chi connectivity index (χ1) is 17.8. The number of alkyl halides is 3. The Morgan fingerprint density at radius 1 is 0.973 bits per heavy atom. The summed E-state index contributed by atoms with van der Waals surface area (Å²) in [7, 11) is 0. The molecule has 0 radical (unpaired) electrons. The van der Waals surface area contributed by atoms with Gasteiger partial charge in [-0.2, -0.15) is 18.2 Å². The third-order valence-electron chi connectivity index (χ3n) is 4.97. The second-order valence-corrected chi connectivity index (χ2v) is 7.75. The average molecular weight is 508 g/mol. The number of rotatable bonds is 8. The highest BCUT2D eigenvalue weighted by atomic mass is 19.4. The fourth-order valence-electron chi connectivity index (χ4n) is 3.24. The van der Waals surface area contributed by atoms with E-state index in [1.807, 2.05) is 30.3 Å². The van der Waals surface area contributed by atoms with Gasteiger partial charge in [0.05, 0.1) is 5.56 Å². The van der Waals surface area contributed by atoms with Crippen LogP contribution in [-0.4, -0.2) is 15.9 Å². The Kier molecular flexibility index (Phi) is 7.77. The predicted octanol–water partition coefficient (Wildman–Crippen LogP) is 6.69. The van der Waals surface area contributed by atoms with E-state index in [-0.39, 0.29) is 5.69 Å². The van der Waals surface area contributed by atoms with Gasteiger partial charge in [0.2, 0.25) is 17.7 Å². The maximum atomic E-state index is 13.4. The van der Waals surface area contributed by atoms with Crippen molar-refractivity contribution in [2.24, 2.45) is 0 Å². The molecule has 4 rings (SSSR count).